The maximum Gasteiger partial charge on any atom is 0.348 e. The van der Waals surface area contributed by atoms with Crippen molar-refractivity contribution >= 4 is 39.9 Å². The van der Waals surface area contributed by atoms with Gasteiger partial charge in [-0.2, -0.15) is 0 Å². The van der Waals surface area contributed by atoms with Crippen molar-refractivity contribution in [1.82, 2.24) is 0 Å². The Morgan fingerprint density at radius 1 is 1.08 bits per heavy atom. The summed E-state index contributed by atoms with van der Waals surface area (Å²) >= 11 is -1.45. The van der Waals surface area contributed by atoms with Crippen LogP contribution in [0.3, 0.4) is 0 Å². The number of carbonyl (C=O) groups is 1. The third-order valence-corrected chi connectivity index (χ3v) is 5.63. The van der Waals surface area contributed by atoms with E-state index in [0.717, 1.165) is 21.2 Å². The fourth-order valence-electron chi connectivity index (χ4n) is 2.54. The molecule has 1 atom stereocenters. The van der Waals surface area contributed by atoms with Crippen LogP contribution in [0.25, 0.3) is 10.4 Å². The summed E-state index contributed by atoms with van der Waals surface area (Å²) in [7, 11) is 0. The highest BCUT2D eigenvalue weighted by molar-refractivity contribution is 7.81. The number of aryl methyl sites for hydroxylation is 1. The van der Waals surface area contributed by atoms with Crippen LogP contribution < -0.4 is 4.31 Å². The molecule has 6 nitrogen and oxygen atoms in total. The van der Waals surface area contributed by atoms with E-state index >= 15 is 0 Å². The van der Waals surface area contributed by atoms with Crippen LogP contribution in [-0.2, 0) is 11.3 Å². The number of hydrogen-bond acceptors (Lipinski definition) is 4. The second-order valence-corrected chi connectivity index (χ2v) is 7.37. The molecule has 3 aromatic rings. The van der Waals surface area contributed by atoms with Crippen LogP contribution >= 0.6 is 11.3 Å². The Bertz CT molecular complexity index is 982. The number of phenols is 1. The summed E-state index contributed by atoms with van der Waals surface area (Å²) in [6.45, 7) is 1.78. The van der Waals surface area contributed by atoms with E-state index in [1.165, 1.54) is 12.1 Å². The molecule has 0 aliphatic carbocycles. The second kappa shape index (κ2) is 7.28. The van der Waals surface area contributed by atoms with Gasteiger partial charge in [-0.1, -0.05) is 18.2 Å². The largest absolute Gasteiger partial charge is 0.508 e. The molecule has 3 N–H and O–H groups in total. The lowest BCUT2D eigenvalue weighted by molar-refractivity contribution is 0.0703. The molecular weight excluding hydrogens is 374 g/mol. The summed E-state index contributed by atoms with van der Waals surface area (Å²) in [6, 6.07) is 14.8. The zero-order valence-corrected chi connectivity index (χ0v) is 15.3. The first-order chi connectivity index (χ1) is 12.4. The Kier molecular flexibility index (Phi) is 5.08. The third kappa shape index (κ3) is 3.48. The predicted octanol–water partition coefficient (Wildman–Crippen LogP) is 4.40. The van der Waals surface area contributed by atoms with Gasteiger partial charge in [-0.05, 0) is 54.4 Å². The highest BCUT2D eigenvalue weighted by atomic mass is 32.2. The molecule has 0 amide bonds. The number of rotatable bonds is 5. The lowest BCUT2D eigenvalue weighted by atomic mass is 10.1. The lowest BCUT2D eigenvalue weighted by Crippen LogP contribution is -2.21. The number of nitrogens with zero attached hydrogens (tertiary/aromatic N) is 1. The maximum absolute atomic E-state index is 12.0. The number of aromatic hydroxyl groups is 1. The summed E-state index contributed by atoms with van der Waals surface area (Å²) in [5.74, 6) is -1.08. The molecule has 0 fully saturated rings. The van der Waals surface area contributed by atoms with Crippen molar-refractivity contribution in [3.63, 3.8) is 0 Å². The summed E-state index contributed by atoms with van der Waals surface area (Å²) in [5.41, 5.74) is 2.03. The summed E-state index contributed by atoms with van der Waals surface area (Å²) in [5, 5.41) is 19.0. The summed E-state index contributed by atoms with van der Waals surface area (Å²) in [6.07, 6.45) is 0. The zero-order valence-electron chi connectivity index (χ0n) is 13.6. The van der Waals surface area contributed by atoms with Gasteiger partial charge in [0.1, 0.15) is 10.6 Å². The van der Waals surface area contributed by atoms with Gasteiger partial charge in [0.15, 0.2) is 0 Å². The molecule has 1 unspecified atom stereocenters. The average Bonchev–Trinajstić information content (AvgIpc) is 3.02. The first-order valence-electron chi connectivity index (χ1n) is 7.51. The van der Waals surface area contributed by atoms with Gasteiger partial charge in [-0.15, -0.1) is 11.3 Å². The van der Waals surface area contributed by atoms with Crippen molar-refractivity contribution in [2.24, 2.45) is 0 Å². The Morgan fingerprint density at radius 3 is 2.31 bits per heavy atom. The maximum atomic E-state index is 12.0. The lowest BCUT2D eigenvalue weighted by Gasteiger charge is -2.21. The summed E-state index contributed by atoms with van der Waals surface area (Å²) in [4.78, 5) is 12.3. The molecule has 134 valence electrons. The van der Waals surface area contributed by atoms with Crippen molar-refractivity contribution < 1.29 is 23.8 Å². The highest BCUT2D eigenvalue weighted by Crippen LogP contribution is 2.41. The van der Waals surface area contributed by atoms with Gasteiger partial charge in [-0.3, -0.25) is 4.55 Å². The number of thiophene rings is 1. The molecule has 1 aromatic heterocycles. The fourth-order valence-corrected chi connectivity index (χ4v) is 4.27. The molecule has 2 aromatic carbocycles. The van der Waals surface area contributed by atoms with Crippen molar-refractivity contribution in [3.8, 4) is 16.2 Å². The van der Waals surface area contributed by atoms with Crippen LogP contribution in [-0.4, -0.2) is 24.9 Å². The minimum Gasteiger partial charge on any atom is -0.508 e. The minimum atomic E-state index is -2.45. The van der Waals surface area contributed by atoms with E-state index in [-0.39, 0.29) is 16.3 Å². The Labute approximate surface area is 156 Å². The molecule has 1 heterocycles. The number of carboxylic acids is 1. The third-order valence-electron chi connectivity index (χ3n) is 3.77. The molecule has 0 bridgehead atoms. The normalized spacial score (nSPS) is 11.9. The minimum absolute atomic E-state index is 0.0428. The van der Waals surface area contributed by atoms with Crippen LogP contribution in [0.15, 0.2) is 54.6 Å². The molecule has 0 saturated carbocycles. The van der Waals surface area contributed by atoms with Gasteiger partial charge < -0.3 is 10.2 Å². The Hall–Kier alpha value is -2.68. The Morgan fingerprint density at radius 2 is 1.73 bits per heavy atom. The monoisotopic (exact) mass is 389 g/mol. The predicted molar refractivity (Wildman–Crippen MR) is 102 cm³/mol. The van der Waals surface area contributed by atoms with E-state index in [0.29, 0.717) is 16.1 Å². The topological polar surface area (TPSA) is 98.1 Å². The van der Waals surface area contributed by atoms with Crippen LogP contribution in [0.1, 0.15) is 15.2 Å². The fraction of sp³-hybridized carbons (Fsp3) is 0.0556. The van der Waals surface area contributed by atoms with E-state index < -0.39 is 17.2 Å². The van der Waals surface area contributed by atoms with Gasteiger partial charge in [0, 0.05) is 4.88 Å². The van der Waals surface area contributed by atoms with Crippen molar-refractivity contribution in [2.45, 2.75) is 6.92 Å². The zero-order chi connectivity index (χ0) is 18.8. The quantitative estimate of drug-likeness (QED) is 0.562. The molecular formula is C18H15NO5S2. The van der Waals surface area contributed by atoms with E-state index in [1.54, 1.807) is 49.4 Å². The van der Waals surface area contributed by atoms with Crippen molar-refractivity contribution in [3.05, 3.63) is 65.0 Å². The molecule has 0 saturated heterocycles. The standard InChI is InChI=1S/C18H15NO5S2/c1-11-4-2-3-5-14(11)19(26(23)24)15-10-16(25-17(15)18(21)22)12-6-8-13(20)9-7-12/h2-10,20H,1H3,(H,21,22)(H,23,24). The number of para-hydroxylation sites is 1. The average molecular weight is 389 g/mol. The van der Waals surface area contributed by atoms with Crippen LogP contribution in [0.2, 0.25) is 0 Å². The number of carboxylic acid groups (broad SMARTS) is 1. The number of phenolic OH excluding ortho intramolecular Hbond substituents is 1. The second-order valence-electron chi connectivity index (χ2n) is 5.49. The SMILES string of the molecule is Cc1ccccc1N(c1cc(-c2ccc(O)cc2)sc1C(=O)O)S(=O)O. The number of aromatic carboxylic acids is 1. The van der Waals surface area contributed by atoms with Gasteiger partial charge in [0.05, 0.1) is 11.4 Å². The smallest absolute Gasteiger partial charge is 0.348 e. The molecule has 0 aliphatic rings. The van der Waals surface area contributed by atoms with Gasteiger partial charge in [0.2, 0.25) is 0 Å². The van der Waals surface area contributed by atoms with Crippen LogP contribution in [0.5, 0.6) is 5.75 Å². The summed E-state index contributed by atoms with van der Waals surface area (Å²) < 4.78 is 23.0. The van der Waals surface area contributed by atoms with Gasteiger partial charge >= 0.3 is 5.97 Å². The van der Waals surface area contributed by atoms with Crippen molar-refractivity contribution in [1.29, 1.82) is 0 Å². The van der Waals surface area contributed by atoms with Crippen LogP contribution in [0, 0.1) is 6.92 Å². The van der Waals surface area contributed by atoms with E-state index in [4.69, 9.17) is 0 Å². The van der Waals surface area contributed by atoms with Gasteiger partial charge in [0.25, 0.3) is 11.3 Å². The number of benzene rings is 2. The van der Waals surface area contributed by atoms with Gasteiger partial charge in [-0.25, -0.2) is 13.3 Å². The molecule has 8 heteroatoms. The first-order valence-corrected chi connectivity index (χ1v) is 9.39. The van der Waals surface area contributed by atoms with E-state index in [9.17, 15) is 23.8 Å². The molecule has 0 radical (unpaired) electrons. The molecule has 0 aliphatic heterocycles. The van der Waals surface area contributed by atoms with Crippen molar-refractivity contribution in [2.75, 3.05) is 4.31 Å². The number of anilines is 2. The van der Waals surface area contributed by atoms with E-state index in [1.807, 2.05) is 0 Å². The molecule has 0 spiro atoms. The Balaban J connectivity index is 2.18. The first kappa shape index (κ1) is 18.1. The molecule has 26 heavy (non-hydrogen) atoms. The van der Waals surface area contributed by atoms with Crippen LogP contribution in [0.4, 0.5) is 11.4 Å². The molecule has 3 rings (SSSR count). The highest BCUT2D eigenvalue weighted by Gasteiger charge is 2.26. The number of hydrogen-bond donors (Lipinski definition) is 3. The van der Waals surface area contributed by atoms with E-state index in [2.05, 4.69) is 0 Å².